The van der Waals surface area contributed by atoms with Crippen molar-refractivity contribution in [3.05, 3.63) is 69.0 Å². The summed E-state index contributed by atoms with van der Waals surface area (Å²) in [5, 5.41) is 19.1. The zero-order chi connectivity index (χ0) is 20.5. The molecule has 0 amide bonds. The zero-order valence-corrected chi connectivity index (χ0v) is 17.3. The average Bonchev–Trinajstić information content (AvgIpc) is 3.16. The Hall–Kier alpha value is -2.77. The van der Waals surface area contributed by atoms with Crippen LogP contribution in [0.3, 0.4) is 0 Å². The van der Waals surface area contributed by atoms with Crippen LogP contribution in [0.4, 0.5) is 0 Å². The van der Waals surface area contributed by atoms with Gasteiger partial charge < -0.3 is 13.9 Å². The normalized spacial score (nSPS) is 11.4. The molecule has 6 nitrogen and oxygen atoms in total. The van der Waals surface area contributed by atoms with Gasteiger partial charge in [0.2, 0.25) is 5.89 Å². The molecule has 0 aliphatic rings. The molecule has 0 spiro atoms. The first-order valence-electron chi connectivity index (χ1n) is 8.92. The number of thioether (sulfide) groups is 1. The lowest BCUT2D eigenvalue weighted by Gasteiger charge is -2.05. The summed E-state index contributed by atoms with van der Waals surface area (Å²) in [7, 11) is 0. The lowest BCUT2D eigenvalue weighted by molar-refractivity contribution is 0.465. The smallest absolute Gasteiger partial charge is 0.336 e. The fraction of sp³-hybridized carbons (Fsp3) is 0.190. The minimum absolute atomic E-state index is 0.142. The van der Waals surface area contributed by atoms with Gasteiger partial charge in [-0.05, 0) is 35.2 Å². The van der Waals surface area contributed by atoms with E-state index in [-0.39, 0.29) is 16.4 Å². The van der Waals surface area contributed by atoms with Gasteiger partial charge in [0.15, 0.2) is 0 Å². The van der Waals surface area contributed by atoms with Gasteiger partial charge in [0.25, 0.3) is 5.22 Å². The molecule has 148 valence electrons. The number of hydrogen-bond donors (Lipinski definition) is 1. The van der Waals surface area contributed by atoms with Gasteiger partial charge in [-0.25, -0.2) is 4.79 Å². The third-order valence-corrected chi connectivity index (χ3v) is 5.65. The van der Waals surface area contributed by atoms with Crippen LogP contribution >= 0.6 is 23.4 Å². The minimum atomic E-state index is -0.508. The monoisotopic (exact) mass is 428 g/mol. The molecule has 0 atom stereocenters. The highest BCUT2D eigenvalue weighted by atomic mass is 35.5. The molecule has 8 heteroatoms. The second-order valence-corrected chi connectivity index (χ2v) is 8.16. The van der Waals surface area contributed by atoms with Crippen LogP contribution in [0.15, 0.2) is 61.3 Å². The number of halogens is 1. The molecular formula is C21H17ClN2O4S. The fourth-order valence-electron chi connectivity index (χ4n) is 2.89. The Labute approximate surface area is 175 Å². The summed E-state index contributed by atoms with van der Waals surface area (Å²) in [5.74, 6) is 1.15. The SMILES string of the molecule is CC(C)c1ccc(-c2nnc(SCc3cc(=O)oc4cc(O)c(Cl)cc34)o2)cc1. The first-order chi connectivity index (χ1) is 13.9. The predicted molar refractivity (Wildman–Crippen MR) is 113 cm³/mol. The molecule has 1 N–H and O–H groups in total. The van der Waals surface area contributed by atoms with Crippen LogP contribution in [-0.2, 0) is 5.75 Å². The summed E-state index contributed by atoms with van der Waals surface area (Å²) in [6.45, 7) is 4.28. The number of phenols is 1. The Morgan fingerprint density at radius 1 is 1.10 bits per heavy atom. The van der Waals surface area contributed by atoms with Crippen molar-refractivity contribution in [1.82, 2.24) is 10.2 Å². The van der Waals surface area contributed by atoms with Gasteiger partial charge in [0.05, 0.1) is 5.02 Å². The van der Waals surface area contributed by atoms with E-state index < -0.39 is 5.63 Å². The first kappa shape index (κ1) is 19.5. The van der Waals surface area contributed by atoms with Crippen molar-refractivity contribution in [3.8, 4) is 17.2 Å². The molecule has 0 unspecified atom stereocenters. The number of aromatic hydroxyl groups is 1. The van der Waals surface area contributed by atoms with Gasteiger partial charge in [0, 0.05) is 28.8 Å². The Morgan fingerprint density at radius 3 is 2.59 bits per heavy atom. The molecule has 0 fully saturated rings. The molecule has 29 heavy (non-hydrogen) atoms. The lowest BCUT2D eigenvalue weighted by Crippen LogP contribution is -2.00. The standard InChI is InChI=1S/C21H17ClN2O4S/c1-11(2)12-3-5-13(6-4-12)20-23-24-21(28-20)29-10-14-7-19(26)27-18-9-17(25)16(22)8-15(14)18/h3-9,11,25H,10H2,1-2H3. The molecular weight excluding hydrogens is 412 g/mol. The molecule has 0 saturated carbocycles. The van der Waals surface area contributed by atoms with Gasteiger partial charge in [0.1, 0.15) is 11.3 Å². The number of aromatic nitrogens is 2. The quantitative estimate of drug-likeness (QED) is 0.326. The molecule has 4 rings (SSSR count). The van der Waals surface area contributed by atoms with Gasteiger partial charge in [-0.3, -0.25) is 0 Å². The van der Waals surface area contributed by atoms with Crippen LogP contribution in [0.1, 0.15) is 30.9 Å². The summed E-state index contributed by atoms with van der Waals surface area (Å²) in [5.41, 5.74) is 2.55. The molecule has 2 aromatic heterocycles. The highest BCUT2D eigenvalue weighted by Crippen LogP contribution is 2.33. The molecule has 2 aromatic carbocycles. The van der Waals surface area contributed by atoms with Crippen molar-refractivity contribution in [2.45, 2.75) is 30.7 Å². The Bertz CT molecular complexity index is 1230. The summed E-state index contributed by atoms with van der Waals surface area (Å²) in [4.78, 5) is 11.8. The summed E-state index contributed by atoms with van der Waals surface area (Å²) in [6, 6.07) is 12.3. The van der Waals surface area contributed by atoms with Crippen molar-refractivity contribution >= 4 is 34.3 Å². The number of fused-ring (bicyclic) bond motifs is 1. The van der Waals surface area contributed by atoms with E-state index in [0.717, 1.165) is 5.56 Å². The largest absolute Gasteiger partial charge is 0.506 e. The van der Waals surface area contributed by atoms with Crippen molar-refractivity contribution in [2.75, 3.05) is 0 Å². The molecule has 2 heterocycles. The summed E-state index contributed by atoms with van der Waals surface area (Å²) >= 11 is 7.31. The highest BCUT2D eigenvalue weighted by molar-refractivity contribution is 7.98. The number of phenolic OH excluding ortho intramolecular Hbond substituents is 1. The van der Waals surface area contributed by atoms with Gasteiger partial charge in [-0.1, -0.05) is 49.3 Å². The predicted octanol–water partition coefficient (Wildman–Crippen LogP) is 5.62. The fourth-order valence-corrected chi connectivity index (χ4v) is 3.81. The maximum absolute atomic E-state index is 11.8. The molecule has 0 aliphatic carbocycles. The van der Waals surface area contributed by atoms with E-state index in [1.54, 1.807) is 6.07 Å². The molecule has 0 aliphatic heterocycles. The lowest BCUT2D eigenvalue weighted by atomic mass is 10.0. The third-order valence-electron chi connectivity index (χ3n) is 4.48. The number of hydrogen-bond acceptors (Lipinski definition) is 7. The van der Waals surface area contributed by atoms with Crippen LogP contribution in [0.25, 0.3) is 22.4 Å². The second-order valence-electron chi connectivity index (χ2n) is 6.83. The number of benzene rings is 2. The van der Waals surface area contributed by atoms with Crippen molar-refractivity contribution in [3.63, 3.8) is 0 Å². The van der Waals surface area contributed by atoms with E-state index in [2.05, 4.69) is 24.0 Å². The maximum atomic E-state index is 11.8. The first-order valence-corrected chi connectivity index (χ1v) is 10.3. The van der Waals surface area contributed by atoms with Crippen molar-refractivity contribution in [2.24, 2.45) is 0 Å². The van der Waals surface area contributed by atoms with E-state index in [1.165, 1.54) is 29.5 Å². The summed E-state index contributed by atoms with van der Waals surface area (Å²) in [6.07, 6.45) is 0. The minimum Gasteiger partial charge on any atom is -0.506 e. The van der Waals surface area contributed by atoms with Crippen molar-refractivity contribution in [1.29, 1.82) is 0 Å². The molecule has 0 bridgehead atoms. The Morgan fingerprint density at radius 2 is 1.86 bits per heavy atom. The average molecular weight is 429 g/mol. The van der Waals surface area contributed by atoms with Crippen LogP contribution in [0, 0.1) is 0 Å². The zero-order valence-electron chi connectivity index (χ0n) is 15.7. The number of rotatable bonds is 5. The second kappa shape index (κ2) is 7.93. The van der Waals surface area contributed by atoms with E-state index in [1.807, 2.05) is 24.3 Å². The number of nitrogens with zero attached hydrogens (tertiary/aromatic N) is 2. The summed E-state index contributed by atoms with van der Waals surface area (Å²) < 4.78 is 10.9. The highest BCUT2D eigenvalue weighted by Gasteiger charge is 2.13. The molecule has 0 radical (unpaired) electrons. The topological polar surface area (TPSA) is 89.4 Å². The van der Waals surface area contributed by atoms with Gasteiger partial charge in [-0.2, -0.15) is 0 Å². The van der Waals surface area contributed by atoms with Crippen LogP contribution < -0.4 is 5.63 Å². The van der Waals surface area contributed by atoms with Crippen LogP contribution in [-0.4, -0.2) is 15.3 Å². The van der Waals surface area contributed by atoms with Crippen molar-refractivity contribution < 1.29 is 13.9 Å². The Kier molecular flexibility index (Phi) is 5.34. The van der Waals surface area contributed by atoms with Crippen LogP contribution in [0.5, 0.6) is 5.75 Å². The third kappa shape index (κ3) is 4.16. The van der Waals surface area contributed by atoms with Gasteiger partial charge >= 0.3 is 5.63 Å². The maximum Gasteiger partial charge on any atom is 0.336 e. The van der Waals surface area contributed by atoms with E-state index in [0.29, 0.717) is 33.7 Å². The van der Waals surface area contributed by atoms with E-state index >= 15 is 0 Å². The van der Waals surface area contributed by atoms with Gasteiger partial charge in [-0.15, -0.1) is 10.2 Å². The molecule has 0 saturated heterocycles. The molecule has 4 aromatic rings. The Balaban J connectivity index is 1.56. The van der Waals surface area contributed by atoms with Crippen LogP contribution in [0.2, 0.25) is 5.02 Å². The van der Waals surface area contributed by atoms with E-state index in [4.69, 9.17) is 20.4 Å². The van der Waals surface area contributed by atoms with E-state index in [9.17, 15) is 9.90 Å².